The average Bonchev–Trinajstić information content (AvgIpc) is 3.67. The Kier molecular flexibility index (Phi) is 6.80. The molecule has 1 saturated heterocycles. The van der Waals surface area contributed by atoms with Gasteiger partial charge in [-0.25, -0.2) is 9.97 Å². The molecule has 1 amide bonds. The molecule has 2 fully saturated rings. The highest BCUT2D eigenvalue weighted by Crippen LogP contribution is 2.49. The maximum absolute atomic E-state index is 13.8. The van der Waals surface area contributed by atoms with Gasteiger partial charge in [0.15, 0.2) is 5.78 Å². The lowest BCUT2D eigenvalue weighted by Gasteiger charge is -2.29. The Labute approximate surface area is 230 Å². The van der Waals surface area contributed by atoms with Crippen molar-refractivity contribution in [1.29, 1.82) is 0 Å². The van der Waals surface area contributed by atoms with Crippen LogP contribution in [0.3, 0.4) is 0 Å². The van der Waals surface area contributed by atoms with Crippen molar-refractivity contribution in [2.24, 2.45) is 0 Å². The number of aliphatic hydroxyl groups is 1. The van der Waals surface area contributed by atoms with E-state index < -0.39 is 5.41 Å². The highest BCUT2D eigenvalue weighted by molar-refractivity contribution is 6.36. The lowest BCUT2D eigenvalue weighted by atomic mass is 9.95. The number of rotatable bonds is 8. The molecule has 4 aromatic rings. The molecule has 9 nitrogen and oxygen atoms in total. The number of benzene rings is 2. The highest BCUT2D eigenvalue weighted by Gasteiger charge is 2.51. The molecule has 1 aliphatic carbocycles. The third kappa shape index (κ3) is 4.89. The van der Waals surface area contributed by atoms with E-state index in [-0.39, 0.29) is 41.0 Å². The van der Waals surface area contributed by atoms with Crippen LogP contribution in [0.1, 0.15) is 47.2 Å². The smallest absolute Gasteiger partial charge is 0.235 e. The van der Waals surface area contributed by atoms with Crippen LogP contribution in [-0.4, -0.2) is 57.1 Å². The fourth-order valence-electron chi connectivity index (χ4n) is 5.21. The molecule has 0 spiro atoms. The van der Waals surface area contributed by atoms with Crippen LogP contribution in [0.25, 0.3) is 11.0 Å². The standard InChI is InChI=1S/C29H28ClN5O4/c30-23-9-7-18(35-28(38)29(10-11-29)17-4-2-1-3-5-17)12-21(23)25(37)22-13-31-26-24(22)27(33-16-32-26)34-19-6-8-20(14-36)39-15-19/h1-5,7,9,12-13,16,19-20,36H,6,8,10-11,14-15H2,(H,35,38)(H2,31,32,33,34)/t19-,20+/m1/s1. The van der Waals surface area contributed by atoms with E-state index in [0.717, 1.165) is 31.2 Å². The molecule has 200 valence electrons. The van der Waals surface area contributed by atoms with Crippen molar-refractivity contribution in [3.63, 3.8) is 0 Å². The Bertz CT molecular complexity index is 1530. The van der Waals surface area contributed by atoms with E-state index in [4.69, 9.17) is 16.3 Å². The maximum atomic E-state index is 13.8. The predicted octanol–water partition coefficient (Wildman–Crippen LogP) is 4.46. The van der Waals surface area contributed by atoms with Crippen LogP contribution in [-0.2, 0) is 14.9 Å². The molecule has 3 heterocycles. The number of H-pyrrole nitrogens is 1. The van der Waals surface area contributed by atoms with Crippen LogP contribution < -0.4 is 10.6 Å². The van der Waals surface area contributed by atoms with Crippen molar-refractivity contribution in [3.8, 4) is 0 Å². The molecule has 6 rings (SSSR count). The zero-order valence-corrected chi connectivity index (χ0v) is 21.9. The van der Waals surface area contributed by atoms with Crippen molar-refractivity contribution in [2.75, 3.05) is 23.8 Å². The summed E-state index contributed by atoms with van der Waals surface area (Å²) in [5.74, 6) is 0.101. The zero-order valence-electron chi connectivity index (χ0n) is 21.1. The minimum absolute atomic E-state index is 0.00551. The number of aromatic nitrogens is 3. The second-order valence-corrected chi connectivity index (χ2v) is 10.5. The van der Waals surface area contributed by atoms with Gasteiger partial charge in [0.25, 0.3) is 0 Å². The number of ether oxygens (including phenoxy) is 1. The van der Waals surface area contributed by atoms with Crippen molar-refractivity contribution in [3.05, 3.63) is 82.8 Å². The summed E-state index contributed by atoms with van der Waals surface area (Å²) < 4.78 is 5.69. The van der Waals surface area contributed by atoms with Crippen molar-refractivity contribution >= 4 is 45.8 Å². The Morgan fingerprint density at radius 1 is 1.10 bits per heavy atom. The number of aliphatic hydroxyl groups excluding tert-OH is 1. The molecule has 2 aromatic heterocycles. The molecule has 2 aliphatic rings. The fourth-order valence-corrected chi connectivity index (χ4v) is 5.41. The number of carbonyl (C=O) groups is 2. The van der Waals surface area contributed by atoms with Gasteiger partial charge in [-0.2, -0.15) is 0 Å². The third-order valence-electron chi connectivity index (χ3n) is 7.61. The summed E-state index contributed by atoms with van der Waals surface area (Å²) in [6, 6.07) is 14.7. The molecule has 4 N–H and O–H groups in total. The number of halogens is 1. The molecule has 1 saturated carbocycles. The average molecular weight is 546 g/mol. The summed E-state index contributed by atoms with van der Waals surface area (Å²) in [6.07, 6.45) is 5.94. The summed E-state index contributed by atoms with van der Waals surface area (Å²) in [6.45, 7) is 0.414. The van der Waals surface area contributed by atoms with Gasteiger partial charge in [-0.1, -0.05) is 41.9 Å². The number of hydrogen-bond acceptors (Lipinski definition) is 7. The Balaban J connectivity index is 1.26. The lowest BCUT2D eigenvalue weighted by molar-refractivity contribution is -0.118. The van der Waals surface area contributed by atoms with Gasteiger partial charge in [0.05, 0.1) is 46.7 Å². The number of nitrogens with one attached hydrogen (secondary N) is 3. The number of nitrogens with zero attached hydrogens (tertiary/aromatic N) is 2. The van der Waals surface area contributed by atoms with Crippen LogP contribution in [0.15, 0.2) is 61.1 Å². The second-order valence-electron chi connectivity index (χ2n) is 10.1. The molecule has 0 radical (unpaired) electrons. The Morgan fingerprint density at radius 3 is 2.64 bits per heavy atom. The van der Waals surface area contributed by atoms with E-state index in [1.165, 1.54) is 6.33 Å². The largest absolute Gasteiger partial charge is 0.394 e. The molecule has 39 heavy (non-hydrogen) atoms. The number of amides is 1. The minimum Gasteiger partial charge on any atom is -0.394 e. The lowest BCUT2D eigenvalue weighted by Crippen LogP contribution is -2.36. The first-order chi connectivity index (χ1) is 19.0. The molecular weight excluding hydrogens is 518 g/mol. The van der Waals surface area contributed by atoms with Gasteiger partial charge in [0, 0.05) is 17.4 Å². The minimum atomic E-state index is -0.542. The first-order valence-electron chi connectivity index (χ1n) is 13.0. The van der Waals surface area contributed by atoms with Gasteiger partial charge >= 0.3 is 0 Å². The highest BCUT2D eigenvalue weighted by atomic mass is 35.5. The topological polar surface area (TPSA) is 129 Å². The van der Waals surface area contributed by atoms with Crippen LogP contribution >= 0.6 is 11.6 Å². The zero-order chi connectivity index (χ0) is 27.0. The van der Waals surface area contributed by atoms with Gasteiger partial charge in [-0.3, -0.25) is 9.59 Å². The molecule has 1 aliphatic heterocycles. The summed E-state index contributed by atoms with van der Waals surface area (Å²) in [5.41, 5.74) is 2.09. The first-order valence-corrected chi connectivity index (χ1v) is 13.4. The van der Waals surface area contributed by atoms with E-state index in [0.29, 0.717) is 34.7 Å². The SMILES string of the molecule is O=C(c1cc(NC(=O)C2(c3ccccc3)CC2)ccc1Cl)c1c[nH]c2ncnc(N[C@@H]3CC[C@@H](CO)OC3)c12. The van der Waals surface area contributed by atoms with Crippen LogP contribution in [0.5, 0.6) is 0 Å². The monoisotopic (exact) mass is 545 g/mol. The first kappa shape index (κ1) is 25.5. The molecule has 10 heteroatoms. The summed E-state index contributed by atoms with van der Waals surface area (Å²) in [4.78, 5) is 38.8. The van der Waals surface area contributed by atoms with Gasteiger partial charge in [-0.05, 0) is 49.4 Å². The number of anilines is 2. The summed E-state index contributed by atoms with van der Waals surface area (Å²) in [7, 11) is 0. The van der Waals surface area contributed by atoms with E-state index >= 15 is 0 Å². The van der Waals surface area contributed by atoms with Gasteiger partial charge in [0.2, 0.25) is 5.91 Å². The van der Waals surface area contributed by atoms with Crippen LogP contribution in [0, 0.1) is 0 Å². The van der Waals surface area contributed by atoms with E-state index in [1.54, 1.807) is 24.4 Å². The quantitative estimate of drug-likeness (QED) is 0.240. The molecule has 2 aromatic carbocycles. The van der Waals surface area contributed by atoms with Crippen molar-refractivity contribution in [1.82, 2.24) is 15.0 Å². The molecule has 2 atom stereocenters. The van der Waals surface area contributed by atoms with Gasteiger partial charge in [0.1, 0.15) is 17.8 Å². The van der Waals surface area contributed by atoms with E-state index in [1.807, 2.05) is 30.3 Å². The predicted molar refractivity (Wildman–Crippen MR) is 148 cm³/mol. The number of ketones is 1. The van der Waals surface area contributed by atoms with Crippen LogP contribution in [0.2, 0.25) is 5.02 Å². The number of fused-ring (bicyclic) bond motifs is 1. The van der Waals surface area contributed by atoms with Crippen LogP contribution in [0.4, 0.5) is 11.5 Å². The van der Waals surface area contributed by atoms with Crippen molar-refractivity contribution < 1.29 is 19.4 Å². The molecule has 0 unspecified atom stereocenters. The maximum Gasteiger partial charge on any atom is 0.235 e. The number of hydrogen-bond donors (Lipinski definition) is 4. The van der Waals surface area contributed by atoms with E-state index in [9.17, 15) is 14.7 Å². The number of carbonyl (C=O) groups excluding carboxylic acids is 2. The normalized spacial score (nSPS) is 19.9. The fraction of sp³-hybridized carbons (Fsp3) is 0.310. The van der Waals surface area contributed by atoms with E-state index in [2.05, 4.69) is 25.6 Å². The summed E-state index contributed by atoms with van der Waals surface area (Å²) >= 11 is 6.49. The van der Waals surface area contributed by atoms with Gasteiger partial charge in [-0.15, -0.1) is 0 Å². The van der Waals surface area contributed by atoms with Gasteiger partial charge < -0.3 is 25.5 Å². The second kappa shape index (κ2) is 10.4. The molecule has 0 bridgehead atoms. The summed E-state index contributed by atoms with van der Waals surface area (Å²) in [5, 5.41) is 16.5. The Morgan fingerprint density at radius 2 is 1.92 bits per heavy atom. The third-order valence-corrected chi connectivity index (χ3v) is 7.94. The van der Waals surface area contributed by atoms with Crippen molar-refractivity contribution in [2.45, 2.75) is 43.2 Å². The Hall–Kier alpha value is -3.79. The number of aromatic amines is 1. The molecular formula is C29H28ClN5O4.